The van der Waals surface area contributed by atoms with E-state index < -0.39 is 11.7 Å². The lowest BCUT2D eigenvalue weighted by Crippen LogP contribution is -2.38. The van der Waals surface area contributed by atoms with Gasteiger partial charge in [-0.2, -0.15) is 0 Å². The molecular formula is C24H20FN3O2. The summed E-state index contributed by atoms with van der Waals surface area (Å²) in [6.07, 6.45) is 0.0602. The topological polar surface area (TPSA) is 61.8 Å². The Hall–Kier alpha value is -3.80. The van der Waals surface area contributed by atoms with Crippen molar-refractivity contribution in [2.75, 3.05) is 16.8 Å². The van der Waals surface area contributed by atoms with Crippen LogP contribution in [0.15, 0.2) is 77.8 Å². The average molecular weight is 401 g/mol. The summed E-state index contributed by atoms with van der Waals surface area (Å²) in [6.45, 7) is 1.76. The number of amides is 2. The van der Waals surface area contributed by atoms with Crippen molar-refractivity contribution < 1.29 is 14.0 Å². The monoisotopic (exact) mass is 401 g/mol. The van der Waals surface area contributed by atoms with Crippen LogP contribution in [0.3, 0.4) is 0 Å². The number of hydrogen-bond acceptors (Lipinski definition) is 3. The minimum absolute atomic E-state index is 0.0602. The van der Waals surface area contributed by atoms with E-state index in [2.05, 4.69) is 5.32 Å². The maximum Gasteiger partial charge on any atom is 0.244 e. The van der Waals surface area contributed by atoms with Crippen LogP contribution in [0.5, 0.6) is 0 Å². The zero-order chi connectivity index (χ0) is 21.1. The molecule has 3 aromatic rings. The molecule has 1 aliphatic heterocycles. The molecule has 2 amide bonds. The van der Waals surface area contributed by atoms with Crippen molar-refractivity contribution in [1.29, 1.82) is 0 Å². The Morgan fingerprint density at radius 3 is 2.50 bits per heavy atom. The highest BCUT2D eigenvalue weighted by Crippen LogP contribution is 2.33. The summed E-state index contributed by atoms with van der Waals surface area (Å²) >= 11 is 0. The fraction of sp³-hybridized carbons (Fsp3) is 0.125. The number of nitrogens with zero attached hydrogens (tertiary/aromatic N) is 2. The molecular weight excluding hydrogens is 381 g/mol. The van der Waals surface area contributed by atoms with Crippen molar-refractivity contribution in [1.82, 2.24) is 0 Å². The highest BCUT2D eigenvalue weighted by atomic mass is 19.1. The van der Waals surface area contributed by atoms with Crippen molar-refractivity contribution in [3.63, 3.8) is 0 Å². The average Bonchev–Trinajstić information content (AvgIpc) is 2.87. The standard InChI is InChI=1S/C24H20FN3O2/c1-16-10-12-17(13-11-16)21-14-24(30)28(22-9-5-4-8-20(22)26-21)15-23(29)27-19-7-3-2-6-18(19)25/h2-13H,14-15H2,1H3,(H,27,29). The number of benzene rings is 3. The summed E-state index contributed by atoms with van der Waals surface area (Å²) in [5, 5.41) is 2.53. The molecule has 0 radical (unpaired) electrons. The molecule has 0 saturated heterocycles. The molecule has 0 unspecified atom stereocenters. The molecule has 0 bridgehead atoms. The highest BCUT2D eigenvalue weighted by Gasteiger charge is 2.26. The van der Waals surface area contributed by atoms with Gasteiger partial charge in [0.05, 0.1) is 29.2 Å². The second-order valence-corrected chi connectivity index (χ2v) is 7.10. The van der Waals surface area contributed by atoms with Crippen LogP contribution >= 0.6 is 0 Å². The smallest absolute Gasteiger partial charge is 0.244 e. The van der Waals surface area contributed by atoms with Crippen LogP contribution in [0, 0.1) is 12.7 Å². The molecule has 1 aliphatic rings. The molecule has 0 fully saturated rings. The fourth-order valence-corrected chi connectivity index (χ4v) is 3.33. The van der Waals surface area contributed by atoms with Gasteiger partial charge in [0.15, 0.2) is 0 Å². The molecule has 5 nitrogen and oxygen atoms in total. The summed E-state index contributed by atoms with van der Waals surface area (Å²) in [5.41, 5.74) is 3.86. The zero-order valence-corrected chi connectivity index (χ0v) is 16.4. The fourth-order valence-electron chi connectivity index (χ4n) is 3.33. The van der Waals surface area contributed by atoms with E-state index in [0.717, 1.165) is 11.1 Å². The Kier molecular flexibility index (Phi) is 5.39. The molecule has 1 N–H and O–H groups in total. The molecule has 150 valence electrons. The molecule has 3 aromatic carbocycles. The number of halogens is 1. The number of para-hydroxylation sites is 3. The highest BCUT2D eigenvalue weighted by molar-refractivity contribution is 6.19. The van der Waals surface area contributed by atoms with Crippen LogP contribution in [0.2, 0.25) is 0 Å². The summed E-state index contributed by atoms with van der Waals surface area (Å²) in [6, 6.07) is 20.9. The van der Waals surface area contributed by atoms with Gasteiger partial charge in [0, 0.05) is 0 Å². The maximum atomic E-state index is 13.9. The van der Waals surface area contributed by atoms with Crippen molar-refractivity contribution in [2.45, 2.75) is 13.3 Å². The third kappa shape index (κ3) is 4.12. The van der Waals surface area contributed by atoms with Crippen LogP contribution in [-0.4, -0.2) is 24.1 Å². The van der Waals surface area contributed by atoms with Crippen molar-refractivity contribution in [3.8, 4) is 0 Å². The van der Waals surface area contributed by atoms with E-state index in [4.69, 9.17) is 4.99 Å². The van der Waals surface area contributed by atoms with E-state index in [1.807, 2.05) is 43.3 Å². The largest absolute Gasteiger partial charge is 0.322 e. The molecule has 0 atom stereocenters. The quantitative estimate of drug-likeness (QED) is 0.693. The number of carbonyl (C=O) groups is 2. The van der Waals surface area contributed by atoms with Crippen molar-refractivity contribution in [3.05, 3.63) is 89.7 Å². The van der Waals surface area contributed by atoms with Gasteiger partial charge < -0.3 is 10.2 Å². The number of anilines is 2. The van der Waals surface area contributed by atoms with Gasteiger partial charge in [0.25, 0.3) is 0 Å². The molecule has 0 aromatic heterocycles. The number of nitrogens with one attached hydrogen (secondary N) is 1. The second kappa shape index (κ2) is 8.29. The Morgan fingerprint density at radius 2 is 1.73 bits per heavy atom. The Bertz CT molecular complexity index is 1140. The summed E-state index contributed by atoms with van der Waals surface area (Å²) in [5.74, 6) is -1.26. The number of rotatable bonds is 4. The minimum atomic E-state index is -0.529. The number of aliphatic imine (C=N–C) groups is 1. The predicted octanol–water partition coefficient (Wildman–Crippen LogP) is 4.63. The van der Waals surface area contributed by atoms with E-state index in [1.54, 1.807) is 24.3 Å². The van der Waals surface area contributed by atoms with Gasteiger partial charge >= 0.3 is 0 Å². The summed E-state index contributed by atoms with van der Waals surface area (Å²) in [4.78, 5) is 31.8. The number of hydrogen-bond donors (Lipinski definition) is 1. The molecule has 0 spiro atoms. The first-order chi connectivity index (χ1) is 14.5. The first kappa shape index (κ1) is 19.5. The normalized spacial score (nSPS) is 13.3. The van der Waals surface area contributed by atoms with E-state index in [9.17, 15) is 14.0 Å². The van der Waals surface area contributed by atoms with Gasteiger partial charge in [-0.15, -0.1) is 0 Å². The van der Waals surface area contributed by atoms with Crippen LogP contribution in [-0.2, 0) is 9.59 Å². The van der Waals surface area contributed by atoms with Crippen LogP contribution in [0.1, 0.15) is 17.5 Å². The third-order valence-electron chi connectivity index (χ3n) is 4.88. The maximum absolute atomic E-state index is 13.9. The SMILES string of the molecule is Cc1ccc(C2=Nc3ccccc3N(CC(=O)Nc3ccccc3F)C(=O)C2)cc1. The molecule has 30 heavy (non-hydrogen) atoms. The Balaban J connectivity index is 1.62. The lowest BCUT2D eigenvalue weighted by Gasteiger charge is -2.22. The minimum Gasteiger partial charge on any atom is -0.322 e. The van der Waals surface area contributed by atoms with Gasteiger partial charge in [-0.3, -0.25) is 14.6 Å². The summed E-state index contributed by atoms with van der Waals surface area (Å²) < 4.78 is 13.9. The van der Waals surface area contributed by atoms with Crippen LogP contribution in [0.4, 0.5) is 21.5 Å². The summed E-state index contributed by atoms with van der Waals surface area (Å²) in [7, 11) is 0. The molecule has 0 aliphatic carbocycles. The van der Waals surface area contributed by atoms with Crippen LogP contribution < -0.4 is 10.2 Å². The number of carbonyl (C=O) groups excluding carboxylic acids is 2. The van der Waals surface area contributed by atoms with Crippen LogP contribution in [0.25, 0.3) is 0 Å². The van der Waals surface area contributed by atoms with Gasteiger partial charge in [0.1, 0.15) is 12.4 Å². The van der Waals surface area contributed by atoms with E-state index >= 15 is 0 Å². The van der Waals surface area contributed by atoms with E-state index in [1.165, 1.54) is 17.0 Å². The number of aryl methyl sites for hydroxylation is 1. The van der Waals surface area contributed by atoms with Gasteiger partial charge in [-0.25, -0.2) is 4.39 Å². The molecule has 4 rings (SSSR count). The number of fused-ring (bicyclic) bond motifs is 1. The van der Waals surface area contributed by atoms with Gasteiger partial charge in [0.2, 0.25) is 11.8 Å². The lowest BCUT2D eigenvalue weighted by molar-refractivity contribution is -0.120. The first-order valence-electron chi connectivity index (χ1n) is 9.59. The van der Waals surface area contributed by atoms with Gasteiger partial charge in [-0.05, 0) is 36.8 Å². The third-order valence-corrected chi connectivity index (χ3v) is 4.88. The van der Waals surface area contributed by atoms with Crippen molar-refractivity contribution >= 4 is 34.6 Å². The molecule has 1 heterocycles. The second-order valence-electron chi connectivity index (χ2n) is 7.10. The zero-order valence-electron chi connectivity index (χ0n) is 16.4. The first-order valence-corrected chi connectivity index (χ1v) is 9.59. The van der Waals surface area contributed by atoms with E-state index in [0.29, 0.717) is 17.1 Å². The predicted molar refractivity (Wildman–Crippen MR) is 116 cm³/mol. The molecule has 6 heteroatoms. The Morgan fingerprint density at radius 1 is 1.03 bits per heavy atom. The lowest BCUT2D eigenvalue weighted by atomic mass is 10.1. The van der Waals surface area contributed by atoms with Gasteiger partial charge in [-0.1, -0.05) is 54.1 Å². The molecule has 0 saturated carbocycles. The van der Waals surface area contributed by atoms with Crippen molar-refractivity contribution in [2.24, 2.45) is 4.99 Å². The Labute approximate surface area is 173 Å². The van der Waals surface area contributed by atoms with E-state index in [-0.39, 0.29) is 24.6 Å².